The second kappa shape index (κ2) is 8.73. The molecule has 1 heterocycles. The molecule has 0 aromatic heterocycles. The number of hydrogen-bond acceptors (Lipinski definition) is 4. The van der Waals surface area contributed by atoms with Gasteiger partial charge in [0.1, 0.15) is 5.75 Å². The van der Waals surface area contributed by atoms with E-state index < -0.39 is 5.91 Å². The van der Waals surface area contributed by atoms with E-state index in [4.69, 9.17) is 38.4 Å². The average molecular weight is 395 g/mol. The molecule has 3 rings (SSSR count). The lowest BCUT2D eigenvalue weighted by Gasteiger charge is -2.33. The highest BCUT2D eigenvalue weighted by molar-refractivity contribution is 6.42. The van der Waals surface area contributed by atoms with Crippen molar-refractivity contribution in [3.63, 3.8) is 0 Å². The van der Waals surface area contributed by atoms with E-state index >= 15 is 0 Å². The minimum Gasteiger partial charge on any atom is -0.484 e. The molecule has 1 saturated heterocycles. The fourth-order valence-corrected chi connectivity index (χ4v) is 3.21. The number of benzene rings is 2. The Hall–Kier alpha value is -1.79. The van der Waals surface area contributed by atoms with Gasteiger partial charge in [0.2, 0.25) is 0 Å². The number of carbonyl (C=O) groups is 1. The van der Waals surface area contributed by atoms with Gasteiger partial charge in [-0.25, -0.2) is 0 Å². The summed E-state index contributed by atoms with van der Waals surface area (Å²) >= 11 is 12.1. The molecule has 26 heavy (non-hydrogen) atoms. The van der Waals surface area contributed by atoms with Crippen LogP contribution in [0.25, 0.3) is 0 Å². The van der Waals surface area contributed by atoms with Gasteiger partial charge >= 0.3 is 0 Å². The minimum atomic E-state index is -0.493. The van der Waals surface area contributed by atoms with E-state index in [1.807, 2.05) is 36.4 Å². The number of amides is 1. The first-order chi connectivity index (χ1) is 12.5. The van der Waals surface area contributed by atoms with E-state index in [1.165, 1.54) is 0 Å². The first kappa shape index (κ1) is 19.0. The van der Waals surface area contributed by atoms with Gasteiger partial charge < -0.3 is 15.2 Å². The lowest BCUT2D eigenvalue weighted by atomic mass is 10.1. The quantitative estimate of drug-likeness (QED) is 0.814. The van der Waals surface area contributed by atoms with Crippen molar-refractivity contribution >= 4 is 29.1 Å². The highest BCUT2D eigenvalue weighted by atomic mass is 35.5. The van der Waals surface area contributed by atoms with E-state index in [0.717, 1.165) is 30.8 Å². The van der Waals surface area contributed by atoms with Crippen molar-refractivity contribution in [3.05, 3.63) is 63.6 Å². The smallest absolute Gasteiger partial charge is 0.255 e. The summed E-state index contributed by atoms with van der Waals surface area (Å²) in [6.45, 7) is 2.87. The fourth-order valence-electron chi connectivity index (χ4n) is 2.91. The molecule has 1 aliphatic heterocycles. The Balaban J connectivity index is 1.64. The van der Waals surface area contributed by atoms with Crippen LogP contribution in [0.15, 0.2) is 42.5 Å². The Bertz CT molecular complexity index is 785. The van der Waals surface area contributed by atoms with Gasteiger partial charge in [-0.1, -0.05) is 41.4 Å². The number of halogens is 2. The van der Waals surface area contributed by atoms with Crippen LogP contribution in [0, 0.1) is 0 Å². The predicted octanol–water partition coefficient (Wildman–Crippen LogP) is 3.43. The molecule has 2 aromatic carbocycles. The number of primary amides is 1. The van der Waals surface area contributed by atoms with Crippen molar-refractivity contribution < 1.29 is 14.3 Å². The third-order valence-electron chi connectivity index (χ3n) is 4.15. The number of hydrogen-bond donors (Lipinski definition) is 1. The molecule has 138 valence electrons. The first-order valence-electron chi connectivity index (χ1n) is 8.30. The van der Waals surface area contributed by atoms with Gasteiger partial charge in [0.15, 0.2) is 6.61 Å². The van der Waals surface area contributed by atoms with Crippen molar-refractivity contribution in [2.45, 2.75) is 12.6 Å². The molecule has 1 fully saturated rings. The van der Waals surface area contributed by atoms with Gasteiger partial charge in [0.05, 0.1) is 22.8 Å². The Morgan fingerprint density at radius 2 is 2.08 bits per heavy atom. The van der Waals surface area contributed by atoms with Crippen LogP contribution in [-0.2, 0) is 16.1 Å². The maximum Gasteiger partial charge on any atom is 0.255 e. The van der Waals surface area contributed by atoms with E-state index in [0.29, 0.717) is 22.4 Å². The predicted molar refractivity (Wildman–Crippen MR) is 102 cm³/mol. The van der Waals surface area contributed by atoms with Gasteiger partial charge in [0.25, 0.3) is 5.91 Å². The maximum atomic E-state index is 10.8. The van der Waals surface area contributed by atoms with Crippen molar-refractivity contribution in [3.8, 4) is 5.75 Å². The summed E-state index contributed by atoms with van der Waals surface area (Å²) in [5, 5.41) is 1.07. The maximum absolute atomic E-state index is 10.8. The van der Waals surface area contributed by atoms with Crippen molar-refractivity contribution in [1.29, 1.82) is 0 Å². The Labute approximate surface area is 162 Å². The molecule has 0 saturated carbocycles. The zero-order chi connectivity index (χ0) is 18.5. The third kappa shape index (κ3) is 5.11. The number of rotatable bonds is 6. The van der Waals surface area contributed by atoms with Crippen molar-refractivity contribution in [2.75, 3.05) is 26.3 Å². The molecular formula is C19H20Cl2N2O3. The summed E-state index contributed by atoms with van der Waals surface area (Å²) < 4.78 is 11.3. The highest BCUT2D eigenvalue weighted by Crippen LogP contribution is 2.29. The van der Waals surface area contributed by atoms with Crippen molar-refractivity contribution in [1.82, 2.24) is 4.90 Å². The summed E-state index contributed by atoms with van der Waals surface area (Å²) in [4.78, 5) is 13.2. The van der Waals surface area contributed by atoms with Crippen LogP contribution in [0.4, 0.5) is 0 Å². The molecule has 2 N–H and O–H groups in total. The van der Waals surface area contributed by atoms with Gasteiger partial charge in [-0.05, 0) is 35.4 Å². The van der Waals surface area contributed by atoms with Crippen LogP contribution >= 0.6 is 23.2 Å². The molecular weight excluding hydrogens is 375 g/mol. The number of nitrogens with two attached hydrogens (primary N) is 1. The topological polar surface area (TPSA) is 64.8 Å². The Morgan fingerprint density at radius 3 is 2.85 bits per heavy atom. The lowest BCUT2D eigenvalue weighted by molar-refractivity contribution is -0.119. The first-order valence-corrected chi connectivity index (χ1v) is 9.06. The largest absolute Gasteiger partial charge is 0.484 e. The number of nitrogens with zero attached hydrogens (tertiary/aromatic N) is 1. The van der Waals surface area contributed by atoms with Crippen LogP contribution < -0.4 is 10.5 Å². The normalized spacial score (nSPS) is 17.8. The van der Waals surface area contributed by atoms with Crippen molar-refractivity contribution in [2.24, 2.45) is 5.73 Å². The summed E-state index contributed by atoms with van der Waals surface area (Å²) in [6.07, 6.45) is -0.0483. The fraction of sp³-hybridized carbons (Fsp3) is 0.316. The Morgan fingerprint density at radius 1 is 1.23 bits per heavy atom. The highest BCUT2D eigenvalue weighted by Gasteiger charge is 2.22. The molecule has 1 atom stereocenters. The second-order valence-corrected chi connectivity index (χ2v) is 6.98. The number of ether oxygens (including phenoxy) is 2. The average Bonchev–Trinajstić information content (AvgIpc) is 2.63. The molecule has 2 aromatic rings. The molecule has 5 nitrogen and oxygen atoms in total. The molecule has 1 amide bonds. The van der Waals surface area contributed by atoms with Crippen LogP contribution in [0.3, 0.4) is 0 Å². The van der Waals surface area contributed by atoms with E-state index in [1.54, 1.807) is 6.07 Å². The molecule has 7 heteroatoms. The molecule has 1 unspecified atom stereocenters. The summed E-state index contributed by atoms with van der Waals surface area (Å²) in [7, 11) is 0. The number of carbonyl (C=O) groups excluding carboxylic acids is 1. The van der Waals surface area contributed by atoms with Crippen LogP contribution in [0.1, 0.15) is 17.2 Å². The SMILES string of the molecule is NC(=O)COc1cccc(CN2CCOC(c3ccc(Cl)c(Cl)c3)C2)c1. The minimum absolute atomic E-state index is 0.0483. The van der Waals surface area contributed by atoms with E-state index in [2.05, 4.69) is 4.90 Å². The van der Waals surface area contributed by atoms with Crippen LogP contribution in [0.2, 0.25) is 10.0 Å². The monoisotopic (exact) mass is 394 g/mol. The zero-order valence-electron chi connectivity index (χ0n) is 14.2. The van der Waals surface area contributed by atoms with Crippen LogP contribution in [-0.4, -0.2) is 37.1 Å². The molecule has 0 aliphatic carbocycles. The molecule has 1 aliphatic rings. The standard InChI is InChI=1S/C19H20Cl2N2O3/c20-16-5-4-14(9-17(16)21)18-11-23(6-7-25-18)10-13-2-1-3-15(8-13)26-12-19(22)24/h1-5,8-9,18H,6-7,10-12H2,(H2,22,24). The van der Waals surface area contributed by atoms with E-state index in [-0.39, 0.29) is 12.7 Å². The summed E-state index contributed by atoms with van der Waals surface area (Å²) in [6, 6.07) is 13.3. The zero-order valence-corrected chi connectivity index (χ0v) is 15.7. The number of morpholine rings is 1. The summed E-state index contributed by atoms with van der Waals surface area (Å²) in [5.74, 6) is 0.142. The van der Waals surface area contributed by atoms with Gasteiger partial charge in [0, 0.05) is 19.6 Å². The molecule has 0 bridgehead atoms. The summed E-state index contributed by atoms with van der Waals surface area (Å²) in [5.41, 5.74) is 7.23. The van der Waals surface area contributed by atoms with Gasteiger partial charge in [-0.15, -0.1) is 0 Å². The Kier molecular flexibility index (Phi) is 6.38. The molecule has 0 radical (unpaired) electrons. The third-order valence-corrected chi connectivity index (χ3v) is 4.89. The second-order valence-electron chi connectivity index (χ2n) is 6.17. The van der Waals surface area contributed by atoms with Crippen LogP contribution in [0.5, 0.6) is 5.75 Å². The van der Waals surface area contributed by atoms with Gasteiger partial charge in [-0.2, -0.15) is 0 Å². The van der Waals surface area contributed by atoms with Gasteiger partial charge in [-0.3, -0.25) is 9.69 Å². The van der Waals surface area contributed by atoms with E-state index in [9.17, 15) is 4.79 Å². The molecule has 0 spiro atoms. The lowest BCUT2D eigenvalue weighted by Crippen LogP contribution is -2.37.